The van der Waals surface area contributed by atoms with Crippen LogP contribution in [0.3, 0.4) is 0 Å². The minimum atomic E-state index is -0.899. The second-order valence-electron chi connectivity index (χ2n) is 5.30. The average molecular weight is 296 g/mol. The minimum Gasteiger partial charge on any atom is -0.464 e. The first-order chi connectivity index (χ1) is 9.75. The van der Waals surface area contributed by atoms with Crippen molar-refractivity contribution < 1.29 is 14.5 Å². The van der Waals surface area contributed by atoms with Crippen LogP contribution in [0.1, 0.15) is 38.9 Å². The van der Waals surface area contributed by atoms with Crippen molar-refractivity contribution in [1.29, 1.82) is 0 Å². The smallest absolute Gasteiger partial charge is 0.328 e. The Balaban J connectivity index is 2.99. The van der Waals surface area contributed by atoms with Crippen LogP contribution in [0, 0.1) is 23.0 Å². The number of hydrogen-bond donors (Lipinski definition) is 0. The second kappa shape index (κ2) is 7.01. The van der Waals surface area contributed by atoms with Crippen LogP contribution < -0.4 is 5.56 Å². The van der Waals surface area contributed by atoms with E-state index >= 15 is 0 Å². The van der Waals surface area contributed by atoms with E-state index < -0.39 is 22.5 Å². The van der Waals surface area contributed by atoms with Crippen LogP contribution in [0.15, 0.2) is 16.9 Å². The highest BCUT2D eigenvalue weighted by atomic mass is 16.6. The molecule has 21 heavy (non-hydrogen) atoms. The quantitative estimate of drug-likeness (QED) is 0.456. The minimum absolute atomic E-state index is 0.140. The molecule has 0 N–H and O–H groups in total. The Bertz CT molecular complexity index is 592. The van der Waals surface area contributed by atoms with Gasteiger partial charge >= 0.3 is 5.97 Å². The molecule has 116 valence electrons. The van der Waals surface area contributed by atoms with Gasteiger partial charge in [-0.3, -0.25) is 19.5 Å². The number of hydrogen-bond acceptors (Lipinski definition) is 5. The zero-order valence-corrected chi connectivity index (χ0v) is 12.7. The number of aromatic nitrogens is 1. The molecule has 0 aliphatic rings. The Morgan fingerprint density at radius 1 is 1.38 bits per heavy atom. The lowest BCUT2D eigenvalue weighted by atomic mass is 10.1. The van der Waals surface area contributed by atoms with Crippen molar-refractivity contribution in [3.63, 3.8) is 0 Å². The molecule has 7 nitrogen and oxygen atoms in total. The zero-order valence-electron chi connectivity index (χ0n) is 12.7. The average Bonchev–Trinajstić information content (AvgIpc) is 2.37. The predicted molar refractivity (Wildman–Crippen MR) is 77.2 cm³/mol. The van der Waals surface area contributed by atoms with E-state index in [4.69, 9.17) is 4.74 Å². The van der Waals surface area contributed by atoms with Gasteiger partial charge in [0.25, 0.3) is 11.2 Å². The topological polar surface area (TPSA) is 91.4 Å². The molecule has 0 bridgehead atoms. The van der Waals surface area contributed by atoms with Gasteiger partial charge in [-0.15, -0.1) is 0 Å². The Kier molecular flexibility index (Phi) is 5.63. The number of pyridine rings is 1. The van der Waals surface area contributed by atoms with E-state index in [-0.39, 0.29) is 18.0 Å². The van der Waals surface area contributed by atoms with Gasteiger partial charge in [-0.1, -0.05) is 13.8 Å². The van der Waals surface area contributed by atoms with Gasteiger partial charge < -0.3 is 4.74 Å². The van der Waals surface area contributed by atoms with E-state index in [2.05, 4.69) is 0 Å². The van der Waals surface area contributed by atoms with Crippen molar-refractivity contribution >= 4 is 11.7 Å². The SMILES string of the molecule is Cc1c([N+](=O)[O-])ccc(=O)n1C(C)C(=O)OCCC(C)C. The lowest BCUT2D eigenvalue weighted by Gasteiger charge is -2.17. The van der Waals surface area contributed by atoms with E-state index in [9.17, 15) is 19.7 Å². The molecule has 0 aromatic carbocycles. The van der Waals surface area contributed by atoms with Crippen molar-refractivity contribution in [3.05, 3.63) is 38.3 Å². The highest BCUT2D eigenvalue weighted by molar-refractivity contribution is 5.74. The third kappa shape index (κ3) is 4.14. The van der Waals surface area contributed by atoms with E-state index in [1.54, 1.807) is 0 Å². The van der Waals surface area contributed by atoms with Crippen LogP contribution in [0.2, 0.25) is 0 Å². The van der Waals surface area contributed by atoms with Crippen molar-refractivity contribution in [2.24, 2.45) is 5.92 Å². The molecule has 1 atom stereocenters. The van der Waals surface area contributed by atoms with Crippen molar-refractivity contribution in [2.75, 3.05) is 6.61 Å². The number of rotatable bonds is 6. The third-order valence-electron chi connectivity index (χ3n) is 3.22. The molecule has 0 radical (unpaired) electrons. The third-order valence-corrected chi connectivity index (χ3v) is 3.22. The molecule has 1 aromatic rings. The number of nitrogens with zero attached hydrogens (tertiary/aromatic N) is 2. The van der Waals surface area contributed by atoms with E-state index in [1.165, 1.54) is 13.8 Å². The van der Waals surface area contributed by atoms with Gasteiger partial charge in [0.1, 0.15) is 6.04 Å². The fraction of sp³-hybridized carbons (Fsp3) is 0.571. The molecule has 7 heteroatoms. The summed E-state index contributed by atoms with van der Waals surface area (Å²) in [5.41, 5.74) is -0.524. The molecule has 1 rings (SSSR count). The van der Waals surface area contributed by atoms with Crippen LogP contribution in [0.25, 0.3) is 0 Å². The fourth-order valence-corrected chi connectivity index (χ4v) is 1.94. The monoisotopic (exact) mass is 296 g/mol. The van der Waals surface area contributed by atoms with Gasteiger partial charge in [-0.05, 0) is 26.2 Å². The largest absolute Gasteiger partial charge is 0.464 e. The second-order valence-corrected chi connectivity index (χ2v) is 5.30. The first-order valence-electron chi connectivity index (χ1n) is 6.78. The summed E-state index contributed by atoms with van der Waals surface area (Å²) in [6, 6.07) is 1.33. The number of carbonyl (C=O) groups is 1. The summed E-state index contributed by atoms with van der Waals surface area (Å²) in [6.45, 7) is 7.22. The molecule has 1 heterocycles. The normalized spacial score (nSPS) is 12.2. The lowest BCUT2D eigenvalue weighted by Crippen LogP contribution is -2.31. The maximum atomic E-state index is 12.0. The van der Waals surface area contributed by atoms with Crippen LogP contribution >= 0.6 is 0 Å². The molecular weight excluding hydrogens is 276 g/mol. The van der Waals surface area contributed by atoms with Crippen LogP contribution in [-0.4, -0.2) is 22.1 Å². The first-order valence-corrected chi connectivity index (χ1v) is 6.78. The summed E-state index contributed by atoms with van der Waals surface area (Å²) in [5.74, 6) is -0.170. The van der Waals surface area contributed by atoms with Crippen molar-refractivity contribution in [3.8, 4) is 0 Å². The summed E-state index contributed by atoms with van der Waals surface area (Å²) >= 11 is 0. The predicted octanol–water partition coefficient (Wildman–Crippen LogP) is 2.22. The molecular formula is C14H20N2O5. The lowest BCUT2D eigenvalue weighted by molar-refractivity contribution is -0.386. The zero-order chi connectivity index (χ0) is 16.2. The summed E-state index contributed by atoms with van der Waals surface area (Å²) in [5, 5.41) is 10.9. The molecule has 1 aromatic heterocycles. The fourth-order valence-electron chi connectivity index (χ4n) is 1.94. The van der Waals surface area contributed by atoms with E-state index in [1.807, 2.05) is 13.8 Å². The molecule has 0 saturated heterocycles. The Morgan fingerprint density at radius 3 is 2.52 bits per heavy atom. The van der Waals surface area contributed by atoms with Gasteiger partial charge in [0.15, 0.2) is 0 Å². The van der Waals surface area contributed by atoms with E-state index in [0.717, 1.165) is 23.1 Å². The summed E-state index contributed by atoms with van der Waals surface area (Å²) < 4.78 is 6.20. The van der Waals surface area contributed by atoms with Gasteiger partial charge in [0.2, 0.25) is 0 Å². The number of nitro groups is 1. The highest BCUT2D eigenvalue weighted by Crippen LogP contribution is 2.18. The number of ether oxygens (including phenoxy) is 1. The van der Waals surface area contributed by atoms with Crippen LogP contribution in [-0.2, 0) is 9.53 Å². The molecule has 0 fully saturated rings. The highest BCUT2D eigenvalue weighted by Gasteiger charge is 2.23. The van der Waals surface area contributed by atoms with Crippen LogP contribution in [0.5, 0.6) is 0 Å². The molecule has 0 aliphatic carbocycles. The number of esters is 1. The maximum Gasteiger partial charge on any atom is 0.328 e. The molecule has 0 aliphatic heterocycles. The van der Waals surface area contributed by atoms with Gasteiger partial charge in [0.05, 0.1) is 17.2 Å². The van der Waals surface area contributed by atoms with Crippen molar-refractivity contribution in [2.45, 2.75) is 40.2 Å². The first kappa shape index (κ1) is 16.9. The summed E-state index contributed by atoms with van der Waals surface area (Å²) in [7, 11) is 0. The van der Waals surface area contributed by atoms with Gasteiger partial charge in [-0.25, -0.2) is 4.79 Å². The standard InChI is InChI=1S/C14H20N2O5/c1-9(2)7-8-21-14(18)11(4)15-10(3)12(16(19)20)5-6-13(15)17/h5-6,9,11H,7-8H2,1-4H3. The molecule has 1 unspecified atom stereocenters. The van der Waals surface area contributed by atoms with E-state index in [0.29, 0.717) is 5.92 Å². The van der Waals surface area contributed by atoms with Gasteiger partial charge in [0, 0.05) is 12.1 Å². The van der Waals surface area contributed by atoms with Crippen molar-refractivity contribution in [1.82, 2.24) is 4.57 Å². The van der Waals surface area contributed by atoms with Crippen LogP contribution in [0.4, 0.5) is 5.69 Å². The van der Waals surface area contributed by atoms with Gasteiger partial charge in [-0.2, -0.15) is 0 Å². The Hall–Kier alpha value is -2.18. The summed E-state index contributed by atoms with van der Waals surface area (Å²) in [6.07, 6.45) is 0.723. The molecule has 0 saturated carbocycles. The molecule has 0 spiro atoms. The summed E-state index contributed by atoms with van der Waals surface area (Å²) in [4.78, 5) is 34.2. The number of carbonyl (C=O) groups excluding carboxylic acids is 1. The Labute approximate surface area is 122 Å². The maximum absolute atomic E-state index is 12.0. The Morgan fingerprint density at radius 2 is 2.00 bits per heavy atom. The molecule has 0 amide bonds.